The highest BCUT2D eigenvalue weighted by Gasteiger charge is 2.11. The molecule has 1 aromatic carbocycles. The molecule has 1 aromatic heterocycles. The van der Waals surface area contributed by atoms with Gasteiger partial charge in [-0.1, -0.05) is 36.2 Å². The predicted octanol–water partition coefficient (Wildman–Crippen LogP) is 5.53. The molecular formula is C15H13Cl2N3S2. The Morgan fingerprint density at radius 2 is 2.18 bits per heavy atom. The Hall–Kier alpha value is -1.06. The van der Waals surface area contributed by atoms with Gasteiger partial charge in [-0.3, -0.25) is 4.57 Å². The first-order chi connectivity index (χ1) is 10.7. The van der Waals surface area contributed by atoms with Gasteiger partial charge in [0.1, 0.15) is 11.8 Å². The van der Waals surface area contributed by atoms with E-state index < -0.39 is 0 Å². The standard InChI is InChI=1S/C15H13Cl2N3S2/c1-2-21-15(14(8-18)20-6-5-19-10-20)22-9-11-3-4-12(16)7-13(11)17/h3-7,10H,2,9H2,1H3/b15-14+. The van der Waals surface area contributed by atoms with Crippen LogP contribution in [-0.4, -0.2) is 15.3 Å². The minimum absolute atomic E-state index is 0.583. The minimum atomic E-state index is 0.583. The molecule has 0 bridgehead atoms. The maximum absolute atomic E-state index is 9.46. The van der Waals surface area contributed by atoms with Gasteiger partial charge in [-0.05, 0) is 23.4 Å². The summed E-state index contributed by atoms with van der Waals surface area (Å²) in [5, 5.41) is 10.7. The number of aromatic nitrogens is 2. The lowest BCUT2D eigenvalue weighted by Crippen LogP contribution is -1.94. The van der Waals surface area contributed by atoms with Gasteiger partial charge in [-0.2, -0.15) is 5.26 Å². The predicted molar refractivity (Wildman–Crippen MR) is 96.9 cm³/mol. The van der Waals surface area contributed by atoms with Gasteiger partial charge in [-0.25, -0.2) is 4.98 Å². The summed E-state index contributed by atoms with van der Waals surface area (Å²) >= 11 is 15.3. The van der Waals surface area contributed by atoms with Crippen LogP contribution in [-0.2, 0) is 5.75 Å². The SMILES string of the molecule is CCS/C(SCc1ccc(Cl)cc1Cl)=C(/C#N)n1ccnc1. The van der Waals surface area contributed by atoms with Crippen molar-refractivity contribution in [2.75, 3.05) is 5.75 Å². The third kappa shape index (κ3) is 4.47. The molecule has 7 heteroatoms. The number of hydrogen-bond acceptors (Lipinski definition) is 4. The number of halogens is 2. The second-order valence-corrected chi connectivity index (χ2v) is 7.54. The number of rotatable bonds is 6. The molecule has 1 heterocycles. The molecule has 0 aliphatic heterocycles. The van der Waals surface area contributed by atoms with Crippen LogP contribution < -0.4 is 0 Å². The van der Waals surface area contributed by atoms with E-state index in [1.54, 1.807) is 52.9 Å². The van der Waals surface area contributed by atoms with Gasteiger partial charge in [0.2, 0.25) is 0 Å². The third-order valence-electron chi connectivity index (χ3n) is 2.71. The molecule has 2 aromatic rings. The number of hydrogen-bond donors (Lipinski definition) is 0. The highest BCUT2D eigenvalue weighted by molar-refractivity contribution is 8.22. The molecule has 0 radical (unpaired) electrons. The number of imidazole rings is 1. The molecule has 0 N–H and O–H groups in total. The van der Waals surface area contributed by atoms with Gasteiger partial charge in [0.15, 0.2) is 0 Å². The van der Waals surface area contributed by atoms with Gasteiger partial charge >= 0.3 is 0 Å². The lowest BCUT2D eigenvalue weighted by molar-refractivity contribution is 1.10. The van der Waals surface area contributed by atoms with E-state index in [9.17, 15) is 5.26 Å². The summed E-state index contributed by atoms with van der Waals surface area (Å²) in [6.45, 7) is 2.06. The van der Waals surface area contributed by atoms with Crippen molar-refractivity contribution in [2.24, 2.45) is 0 Å². The lowest BCUT2D eigenvalue weighted by Gasteiger charge is -2.10. The van der Waals surface area contributed by atoms with Crippen LogP contribution in [0.15, 0.2) is 41.2 Å². The Labute approximate surface area is 148 Å². The second-order valence-electron chi connectivity index (χ2n) is 4.18. The fraction of sp³-hybridized carbons (Fsp3) is 0.200. The lowest BCUT2D eigenvalue weighted by atomic mass is 10.2. The van der Waals surface area contributed by atoms with Gasteiger partial charge < -0.3 is 0 Å². The van der Waals surface area contributed by atoms with Crippen LogP contribution in [0, 0.1) is 11.3 Å². The summed E-state index contributed by atoms with van der Waals surface area (Å²) in [6.07, 6.45) is 5.06. The van der Waals surface area contributed by atoms with E-state index >= 15 is 0 Å². The van der Waals surface area contributed by atoms with E-state index in [2.05, 4.69) is 18.0 Å². The Kier molecular flexibility index (Phi) is 6.71. The Balaban J connectivity index is 2.23. The molecule has 0 saturated heterocycles. The number of benzene rings is 1. The maximum Gasteiger partial charge on any atom is 0.145 e. The minimum Gasteiger partial charge on any atom is -0.296 e. The van der Waals surface area contributed by atoms with E-state index in [-0.39, 0.29) is 0 Å². The molecule has 3 nitrogen and oxygen atoms in total. The average molecular weight is 370 g/mol. The number of thioether (sulfide) groups is 2. The number of nitriles is 1. The molecule has 0 aliphatic rings. The Morgan fingerprint density at radius 1 is 1.36 bits per heavy atom. The van der Waals surface area contributed by atoms with Crippen LogP contribution in [0.2, 0.25) is 10.0 Å². The molecule has 0 amide bonds. The van der Waals surface area contributed by atoms with Crippen molar-refractivity contribution in [3.05, 3.63) is 56.8 Å². The quantitative estimate of drug-likeness (QED) is 0.628. The van der Waals surface area contributed by atoms with E-state index in [0.29, 0.717) is 21.5 Å². The van der Waals surface area contributed by atoms with Crippen molar-refractivity contribution in [3.63, 3.8) is 0 Å². The molecular weight excluding hydrogens is 357 g/mol. The highest BCUT2D eigenvalue weighted by atomic mass is 35.5. The van der Waals surface area contributed by atoms with Crippen LogP contribution in [0.4, 0.5) is 0 Å². The second kappa shape index (κ2) is 8.54. The normalized spacial score (nSPS) is 11.9. The summed E-state index contributed by atoms with van der Waals surface area (Å²) < 4.78 is 2.68. The maximum atomic E-state index is 9.46. The van der Waals surface area contributed by atoms with Crippen molar-refractivity contribution in [3.8, 4) is 6.07 Å². The molecule has 0 spiro atoms. The van der Waals surface area contributed by atoms with Crippen molar-refractivity contribution in [2.45, 2.75) is 12.7 Å². The molecule has 0 fully saturated rings. The van der Waals surface area contributed by atoms with Crippen molar-refractivity contribution < 1.29 is 0 Å². The van der Waals surface area contributed by atoms with E-state index in [1.807, 2.05) is 12.1 Å². The first kappa shape index (κ1) is 17.3. The topological polar surface area (TPSA) is 41.6 Å². The summed E-state index contributed by atoms with van der Waals surface area (Å²) in [7, 11) is 0. The van der Waals surface area contributed by atoms with E-state index in [4.69, 9.17) is 23.2 Å². The van der Waals surface area contributed by atoms with Crippen LogP contribution in [0.5, 0.6) is 0 Å². The van der Waals surface area contributed by atoms with Crippen LogP contribution >= 0.6 is 46.7 Å². The summed E-state index contributed by atoms with van der Waals surface area (Å²) in [5.74, 6) is 1.56. The molecule has 0 aliphatic carbocycles. The number of nitrogens with zero attached hydrogens (tertiary/aromatic N) is 3. The van der Waals surface area contributed by atoms with E-state index in [1.165, 1.54) is 0 Å². The Bertz CT molecular complexity index is 706. The van der Waals surface area contributed by atoms with Gasteiger partial charge in [0.25, 0.3) is 0 Å². The zero-order chi connectivity index (χ0) is 15.9. The van der Waals surface area contributed by atoms with Crippen LogP contribution in [0.25, 0.3) is 5.70 Å². The van der Waals surface area contributed by atoms with Crippen LogP contribution in [0.3, 0.4) is 0 Å². The molecule has 114 valence electrons. The highest BCUT2D eigenvalue weighted by Crippen LogP contribution is 2.37. The monoisotopic (exact) mass is 369 g/mol. The molecule has 0 unspecified atom stereocenters. The molecule has 22 heavy (non-hydrogen) atoms. The Morgan fingerprint density at radius 3 is 2.77 bits per heavy atom. The van der Waals surface area contributed by atoms with Gasteiger partial charge in [0, 0.05) is 28.2 Å². The van der Waals surface area contributed by atoms with Gasteiger partial charge in [0.05, 0.1) is 10.6 Å². The first-order valence-corrected chi connectivity index (χ1v) is 9.20. The zero-order valence-corrected chi connectivity index (χ0v) is 14.9. The third-order valence-corrected chi connectivity index (χ3v) is 5.66. The van der Waals surface area contributed by atoms with Crippen molar-refractivity contribution in [1.29, 1.82) is 5.26 Å². The number of allylic oxidation sites excluding steroid dienone is 1. The van der Waals surface area contributed by atoms with E-state index in [0.717, 1.165) is 15.6 Å². The van der Waals surface area contributed by atoms with Crippen molar-refractivity contribution in [1.82, 2.24) is 9.55 Å². The fourth-order valence-electron chi connectivity index (χ4n) is 1.69. The van der Waals surface area contributed by atoms with Crippen LogP contribution in [0.1, 0.15) is 12.5 Å². The summed E-state index contributed by atoms with van der Waals surface area (Å²) in [6, 6.07) is 7.72. The zero-order valence-electron chi connectivity index (χ0n) is 11.8. The smallest absolute Gasteiger partial charge is 0.145 e. The van der Waals surface area contributed by atoms with Gasteiger partial charge in [-0.15, -0.1) is 23.5 Å². The molecule has 2 rings (SSSR count). The largest absolute Gasteiger partial charge is 0.296 e. The van der Waals surface area contributed by atoms with Crippen molar-refractivity contribution >= 4 is 52.4 Å². The summed E-state index contributed by atoms with van der Waals surface area (Å²) in [4.78, 5) is 4.00. The summed E-state index contributed by atoms with van der Waals surface area (Å²) in [5.41, 5.74) is 1.58. The molecule has 0 saturated carbocycles. The molecule has 0 atom stereocenters. The average Bonchev–Trinajstić information content (AvgIpc) is 3.01. The first-order valence-electron chi connectivity index (χ1n) is 6.48. The fourth-order valence-corrected chi connectivity index (χ4v) is 4.49.